The molecule has 4 aromatic rings. The quantitative estimate of drug-likeness (QED) is 0.336. The monoisotopic (exact) mass is 439 g/mol. The number of Topliss-reactive ketones (excluding diaryl/α,β-unsaturated/α-hetero) is 1. The Kier molecular flexibility index (Phi) is 6.57. The van der Waals surface area contributed by atoms with E-state index in [-0.39, 0.29) is 24.5 Å². The third-order valence-corrected chi connectivity index (χ3v) is 6.50. The molecule has 0 saturated heterocycles. The molecule has 0 heterocycles. The Morgan fingerprint density at radius 2 is 1.39 bits per heavy atom. The summed E-state index contributed by atoms with van der Waals surface area (Å²) in [5.41, 5.74) is 4.00. The largest absolute Gasteiger partial charge is 0.299 e. The van der Waals surface area contributed by atoms with Crippen molar-refractivity contribution >= 4 is 33.2 Å². The number of hydroxylamine groups is 2. The molecule has 0 fully saturated rings. The lowest BCUT2D eigenvalue weighted by molar-refractivity contribution is -0.171. The maximum atomic E-state index is 13.4. The molecule has 4 nitrogen and oxygen atoms in total. The fourth-order valence-corrected chi connectivity index (χ4v) is 4.67. The summed E-state index contributed by atoms with van der Waals surface area (Å²) in [5, 5.41) is 5.47. The Labute approximate surface area is 194 Å². The van der Waals surface area contributed by atoms with Gasteiger partial charge in [-0.2, -0.15) is 0 Å². The van der Waals surface area contributed by atoms with Crippen LogP contribution in [0.2, 0.25) is 0 Å². The van der Waals surface area contributed by atoms with E-state index in [9.17, 15) is 9.59 Å². The molecular formula is C29H29NO3. The first-order valence-corrected chi connectivity index (χ1v) is 11.2. The van der Waals surface area contributed by atoms with E-state index >= 15 is 0 Å². The molecule has 4 rings (SSSR count). The van der Waals surface area contributed by atoms with Gasteiger partial charge < -0.3 is 0 Å². The summed E-state index contributed by atoms with van der Waals surface area (Å²) in [6, 6.07) is 24.3. The number of nitrogens with zero attached hydrogens (tertiary/aromatic N) is 1. The highest BCUT2D eigenvalue weighted by atomic mass is 16.7. The van der Waals surface area contributed by atoms with Gasteiger partial charge in [0.15, 0.2) is 0 Å². The second-order valence-electron chi connectivity index (χ2n) is 8.59. The zero-order chi connectivity index (χ0) is 23.5. The first-order valence-electron chi connectivity index (χ1n) is 11.2. The molecule has 0 aliphatic heterocycles. The van der Waals surface area contributed by atoms with Gasteiger partial charge in [-0.3, -0.25) is 14.4 Å². The van der Waals surface area contributed by atoms with Gasteiger partial charge in [-0.1, -0.05) is 72.8 Å². The fourth-order valence-electron chi connectivity index (χ4n) is 4.67. The van der Waals surface area contributed by atoms with E-state index in [1.54, 1.807) is 7.05 Å². The minimum Gasteiger partial charge on any atom is -0.299 e. The van der Waals surface area contributed by atoms with Gasteiger partial charge in [-0.15, -0.1) is 0 Å². The SMILES string of the molecule is CON(C)C(=O)C(CC(=O)Cc1c(C)ccc2ccccc12)c1c(C)ccc2ccccc12. The van der Waals surface area contributed by atoms with Crippen LogP contribution in [0, 0.1) is 13.8 Å². The molecular weight excluding hydrogens is 410 g/mol. The van der Waals surface area contributed by atoms with Gasteiger partial charge in [0, 0.05) is 19.9 Å². The summed E-state index contributed by atoms with van der Waals surface area (Å²) in [5.74, 6) is -0.812. The molecule has 0 aromatic heterocycles. The van der Waals surface area contributed by atoms with Gasteiger partial charge in [-0.05, 0) is 57.6 Å². The summed E-state index contributed by atoms with van der Waals surface area (Å²) >= 11 is 0. The van der Waals surface area contributed by atoms with E-state index in [0.29, 0.717) is 0 Å². The predicted molar refractivity (Wildman–Crippen MR) is 133 cm³/mol. The molecule has 1 unspecified atom stereocenters. The number of carbonyl (C=O) groups excluding carboxylic acids is 2. The van der Waals surface area contributed by atoms with Crippen molar-refractivity contribution in [2.24, 2.45) is 0 Å². The topological polar surface area (TPSA) is 46.6 Å². The normalized spacial score (nSPS) is 12.1. The number of rotatable bonds is 7. The fraction of sp³-hybridized carbons (Fsp3) is 0.241. The Balaban J connectivity index is 1.74. The van der Waals surface area contributed by atoms with Gasteiger partial charge in [0.2, 0.25) is 0 Å². The first kappa shape index (κ1) is 22.7. The van der Waals surface area contributed by atoms with Crippen molar-refractivity contribution in [3.05, 3.63) is 95.1 Å². The van der Waals surface area contributed by atoms with Crippen molar-refractivity contribution in [3.8, 4) is 0 Å². The van der Waals surface area contributed by atoms with Crippen LogP contribution in [0.4, 0.5) is 0 Å². The summed E-state index contributed by atoms with van der Waals surface area (Å²) < 4.78 is 0. The molecule has 1 amide bonds. The van der Waals surface area contributed by atoms with Gasteiger partial charge in [0.1, 0.15) is 5.78 Å². The second-order valence-corrected chi connectivity index (χ2v) is 8.59. The third kappa shape index (κ3) is 4.53. The first-order chi connectivity index (χ1) is 15.9. The van der Waals surface area contributed by atoms with Crippen LogP contribution in [0.5, 0.6) is 0 Å². The molecule has 168 valence electrons. The molecule has 4 heteroatoms. The Morgan fingerprint density at radius 3 is 2.06 bits per heavy atom. The lowest BCUT2D eigenvalue weighted by Gasteiger charge is -2.24. The number of carbonyl (C=O) groups is 2. The molecule has 1 atom stereocenters. The third-order valence-electron chi connectivity index (χ3n) is 6.50. The number of benzene rings is 4. The van der Waals surface area contributed by atoms with E-state index in [4.69, 9.17) is 4.84 Å². The number of ketones is 1. The number of likely N-dealkylation sites (N-methyl/N-ethyl adjacent to an activating group) is 1. The van der Waals surface area contributed by atoms with Crippen molar-refractivity contribution in [2.75, 3.05) is 14.2 Å². The number of aryl methyl sites for hydroxylation is 2. The van der Waals surface area contributed by atoms with Gasteiger partial charge in [0.05, 0.1) is 13.0 Å². The minimum atomic E-state index is -0.621. The van der Waals surface area contributed by atoms with Crippen LogP contribution < -0.4 is 0 Å². The summed E-state index contributed by atoms with van der Waals surface area (Å²) in [6.07, 6.45) is 0.404. The molecule has 0 aliphatic rings. The van der Waals surface area contributed by atoms with Crippen molar-refractivity contribution in [1.82, 2.24) is 5.06 Å². The van der Waals surface area contributed by atoms with E-state index in [1.165, 1.54) is 12.2 Å². The smallest absolute Gasteiger partial charge is 0.253 e. The van der Waals surface area contributed by atoms with Gasteiger partial charge in [0.25, 0.3) is 5.91 Å². The van der Waals surface area contributed by atoms with Crippen LogP contribution in [0.15, 0.2) is 72.8 Å². The number of amides is 1. The van der Waals surface area contributed by atoms with Gasteiger partial charge >= 0.3 is 0 Å². The van der Waals surface area contributed by atoms with Crippen LogP contribution in [-0.4, -0.2) is 30.9 Å². The van der Waals surface area contributed by atoms with Crippen molar-refractivity contribution in [2.45, 2.75) is 32.6 Å². The average molecular weight is 440 g/mol. The maximum absolute atomic E-state index is 13.4. The Morgan fingerprint density at radius 1 is 0.818 bits per heavy atom. The van der Waals surface area contributed by atoms with Crippen molar-refractivity contribution < 1.29 is 14.4 Å². The highest BCUT2D eigenvalue weighted by Gasteiger charge is 2.30. The van der Waals surface area contributed by atoms with E-state index < -0.39 is 5.92 Å². The van der Waals surface area contributed by atoms with Gasteiger partial charge in [-0.25, -0.2) is 5.06 Å². The van der Waals surface area contributed by atoms with E-state index in [2.05, 4.69) is 30.3 Å². The second kappa shape index (κ2) is 9.55. The molecule has 0 bridgehead atoms. The standard InChI is InChI=1S/C29H29NO3/c1-19-13-15-21-9-5-7-11-24(21)26(19)17-23(31)18-27(29(32)30(3)33-4)28-20(2)14-16-22-10-6-8-12-25(22)28/h5-16,27H,17-18H2,1-4H3. The maximum Gasteiger partial charge on any atom is 0.253 e. The number of fused-ring (bicyclic) bond motifs is 2. The van der Waals surface area contributed by atoms with Crippen LogP contribution in [-0.2, 0) is 20.8 Å². The highest BCUT2D eigenvalue weighted by Crippen LogP contribution is 2.33. The molecule has 0 spiro atoms. The lowest BCUT2D eigenvalue weighted by Crippen LogP contribution is -2.32. The summed E-state index contributed by atoms with van der Waals surface area (Å²) in [7, 11) is 3.06. The summed E-state index contributed by atoms with van der Waals surface area (Å²) in [4.78, 5) is 32.0. The lowest BCUT2D eigenvalue weighted by atomic mass is 9.84. The van der Waals surface area contributed by atoms with E-state index in [0.717, 1.165) is 43.8 Å². The van der Waals surface area contributed by atoms with Crippen molar-refractivity contribution in [1.29, 1.82) is 0 Å². The minimum absolute atomic E-state index is 0.0321. The molecule has 0 aliphatic carbocycles. The molecule has 4 aromatic carbocycles. The van der Waals surface area contributed by atoms with E-state index in [1.807, 2.05) is 56.3 Å². The number of hydrogen-bond acceptors (Lipinski definition) is 3. The predicted octanol–water partition coefficient (Wildman–Crippen LogP) is 5.92. The molecule has 0 saturated carbocycles. The zero-order valence-electron chi connectivity index (χ0n) is 19.6. The zero-order valence-corrected chi connectivity index (χ0v) is 19.6. The van der Waals surface area contributed by atoms with Crippen LogP contribution >= 0.6 is 0 Å². The summed E-state index contributed by atoms with van der Waals surface area (Å²) in [6.45, 7) is 4.03. The average Bonchev–Trinajstić information content (AvgIpc) is 2.83. The Bertz CT molecular complexity index is 1340. The molecule has 0 radical (unpaired) electrons. The van der Waals surface area contributed by atoms with Crippen LogP contribution in [0.3, 0.4) is 0 Å². The molecule has 0 N–H and O–H groups in total. The molecule has 33 heavy (non-hydrogen) atoms. The van der Waals surface area contributed by atoms with Crippen molar-refractivity contribution in [3.63, 3.8) is 0 Å². The number of hydrogen-bond donors (Lipinski definition) is 0. The van der Waals surface area contributed by atoms with Crippen LogP contribution in [0.25, 0.3) is 21.5 Å². The van der Waals surface area contributed by atoms with Crippen LogP contribution in [0.1, 0.15) is 34.6 Å². The Hall–Kier alpha value is -3.50. The highest BCUT2D eigenvalue weighted by molar-refractivity contribution is 5.98.